The first kappa shape index (κ1) is 11.5. The number of benzene rings is 1. The molecule has 0 amide bonds. The quantitative estimate of drug-likeness (QED) is 0.822. The lowest BCUT2D eigenvalue weighted by molar-refractivity contribution is 0.594. The minimum atomic E-state index is -3.55. The van der Waals surface area contributed by atoms with Crippen molar-refractivity contribution < 1.29 is 8.42 Å². The van der Waals surface area contributed by atoms with E-state index in [1.54, 1.807) is 36.4 Å². The number of aromatic nitrogens is 2. The van der Waals surface area contributed by atoms with Crippen LogP contribution in [-0.2, 0) is 10.0 Å². The summed E-state index contributed by atoms with van der Waals surface area (Å²) in [6.45, 7) is 0. The largest absolute Gasteiger partial charge is 0.265 e. The van der Waals surface area contributed by atoms with Gasteiger partial charge < -0.3 is 0 Å². The molecule has 0 saturated heterocycles. The van der Waals surface area contributed by atoms with Gasteiger partial charge in [-0.15, -0.1) is 0 Å². The first-order chi connectivity index (χ1) is 8.12. The van der Waals surface area contributed by atoms with Crippen molar-refractivity contribution in [2.45, 2.75) is 4.90 Å². The Balaban J connectivity index is 2.41. The molecule has 0 atom stereocenters. The summed E-state index contributed by atoms with van der Waals surface area (Å²) in [7, 11) is -2.09. The van der Waals surface area contributed by atoms with Crippen LogP contribution < -0.4 is 4.31 Å². The number of anilines is 1. The summed E-state index contributed by atoms with van der Waals surface area (Å²) in [4.78, 5) is 7.89. The van der Waals surface area contributed by atoms with Gasteiger partial charge in [-0.2, -0.15) is 0 Å². The molecule has 0 aliphatic carbocycles. The monoisotopic (exact) mass is 249 g/mol. The van der Waals surface area contributed by atoms with E-state index in [0.29, 0.717) is 5.82 Å². The average Bonchev–Trinajstić information content (AvgIpc) is 2.40. The van der Waals surface area contributed by atoms with Crippen LogP contribution >= 0.6 is 0 Å². The molecular formula is C11H11N3O2S. The Hall–Kier alpha value is -1.95. The number of hydrogen-bond acceptors (Lipinski definition) is 4. The minimum Gasteiger partial charge on any atom is -0.253 e. The highest BCUT2D eigenvalue weighted by Gasteiger charge is 2.21. The van der Waals surface area contributed by atoms with Crippen molar-refractivity contribution in [2.24, 2.45) is 0 Å². The third kappa shape index (κ3) is 2.26. The van der Waals surface area contributed by atoms with Crippen LogP contribution in [0.3, 0.4) is 0 Å². The van der Waals surface area contributed by atoms with E-state index < -0.39 is 10.0 Å². The Labute approximate surface area is 99.8 Å². The SMILES string of the molecule is CN(c1ccncn1)S(=O)(=O)c1ccccc1. The summed E-state index contributed by atoms with van der Waals surface area (Å²) >= 11 is 0. The third-order valence-electron chi connectivity index (χ3n) is 2.29. The number of sulfonamides is 1. The van der Waals surface area contributed by atoms with Gasteiger partial charge in [0.1, 0.15) is 12.1 Å². The lowest BCUT2D eigenvalue weighted by atomic mass is 10.4. The Morgan fingerprint density at radius 1 is 1.12 bits per heavy atom. The van der Waals surface area contributed by atoms with Crippen LogP contribution in [0.5, 0.6) is 0 Å². The van der Waals surface area contributed by atoms with Gasteiger partial charge >= 0.3 is 0 Å². The molecule has 0 N–H and O–H groups in total. The number of nitrogens with zero attached hydrogens (tertiary/aromatic N) is 3. The van der Waals surface area contributed by atoms with E-state index in [-0.39, 0.29) is 4.90 Å². The average molecular weight is 249 g/mol. The standard InChI is InChI=1S/C11H11N3O2S/c1-14(11-7-8-12-9-13-11)17(15,16)10-5-3-2-4-6-10/h2-9H,1H3. The highest BCUT2D eigenvalue weighted by atomic mass is 32.2. The highest BCUT2D eigenvalue weighted by Crippen LogP contribution is 2.18. The zero-order chi connectivity index (χ0) is 12.3. The van der Waals surface area contributed by atoms with E-state index in [1.165, 1.54) is 19.6 Å². The van der Waals surface area contributed by atoms with E-state index in [2.05, 4.69) is 9.97 Å². The van der Waals surface area contributed by atoms with E-state index in [1.807, 2.05) is 0 Å². The molecule has 0 aliphatic heterocycles. The van der Waals surface area contributed by atoms with Crippen LogP contribution in [-0.4, -0.2) is 25.4 Å². The molecule has 2 aromatic rings. The predicted molar refractivity (Wildman–Crippen MR) is 64.1 cm³/mol. The molecular weight excluding hydrogens is 238 g/mol. The molecule has 0 radical (unpaired) electrons. The van der Waals surface area contributed by atoms with E-state index in [9.17, 15) is 8.42 Å². The lowest BCUT2D eigenvalue weighted by Gasteiger charge is -2.17. The van der Waals surface area contributed by atoms with Gasteiger partial charge in [-0.1, -0.05) is 18.2 Å². The molecule has 1 heterocycles. The molecule has 6 heteroatoms. The molecule has 1 aromatic heterocycles. The summed E-state index contributed by atoms with van der Waals surface area (Å²) in [6.07, 6.45) is 2.81. The van der Waals surface area contributed by atoms with Gasteiger partial charge in [-0.05, 0) is 12.1 Å². The second-order valence-corrected chi connectivity index (χ2v) is 5.32. The Bertz CT molecular complexity index is 585. The summed E-state index contributed by atoms with van der Waals surface area (Å²) in [6, 6.07) is 9.77. The number of hydrogen-bond donors (Lipinski definition) is 0. The number of rotatable bonds is 3. The summed E-state index contributed by atoms with van der Waals surface area (Å²) in [5.74, 6) is 0.337. The van der Waals surface area contributed by atoms with Gasteiger partial charge in [0.25, 0.3) is 10.0 Å². The summed E-state index contributed by atoms with van der Waals surface area (Å²) in [5.41, 5.74) is 0. The van der Waals surface area contributed by atoms with Gasteiger partial charge in [0, 0.05) is 19.3 Å². The van der Waals surface area contributed by atoms with E-state index >= 15 is 0 Å². The zero-order valence-electron chi connectivity index (χ0n) is 9.19. The fourth-order valence-electron chi connectivity index (χ4n) is 1.34. The topological polar surface area (TPSA) is 63.2 Å². The Kier molecular flexibility index (Phi) is 3.06. The Morgan fingerprint density at radius 3 is 2.41 bits per heavy atom. The van der Waals surface area contributed by atoms with Crippen LogP contribution in [0.25, 0.3) is 0 Å². The minimum absolute atomic E-state index is 0.237. The molecule has 0 fully saturated rings. The maximum Gasteiger partial charge on any atom is 0.265 e. The first-order valence-electron chi connectivity index (χ1n) is 4.92. The third-order valence-corrected chi connectivity index (χ3v) is 4.07. The van der Waals surface area contributed by atoms with Crippen molar-refractivity contribution >= 4 is 15.8 Å². The van der Waals surface area contributed by atoms with Crippen molar-refractivity contribution in [2.75, 3.05) is 11.4 Å². The fraction of sp³-hybridized carbons (Fsp3) is 0.0909. The second kappa shape index (κ2) is 4.50. The van der Waals surface area contributed by atoms with E-state index in [0.717, 1.165) is 4.31 Å². The molecule has 0 saturated carbocycles. The van der Waals surface area contributed by atoms with Crippen molar-refractivity contribution in [1.29, 1.82) is 0 Å². The zero-order valence-corrected chi connectivity index (χ0v) is 10.0. The smallest absolute Gasteiger partial charge is 0.253 e. The van der Waals surface area contributed by atoms with E-state index in [4.69, 9.17) is 0 Å². The summed E-state index contributed by atoms with van der Waals surface area (Å²) < 4.78 is 25.5. The van der Waals surface area contributed by atoms with Crippen LogP contribution in [0.4, 0.5) is 5.82 Å². The highest BCUT2D eigenvalue weighted by molar-refractivity contribution is 7.92. The van der Waals surface area contributed by atoms with Gasteiger partial charge in [-0.25, -0.2) is 18.4 Å². The van der Waals surface area contributed by atoms with Crippen LogP contribution in [0.2, 0.25) is 0 Å². The van der Waals surface area contributed by atoms with Gasteiger partial charge in [0.2, 0.25) is 0 Å². The maximum absolute atomic E-state index is 12.2. The Morgan fingerprint density at radius 2 is 1.82 bits per heavy atom. The maximum atomic E-state index is 12.2. The van der Waals surface area contributed by atoms with Gasteiger partial charge in [0.15, 0.2) is 0 Å². The van der Waals surface area contributed by atoms with Crippen molar-refractivity contribution in [1.82, 2.24) is 9.97 Å². The lowest BCUT2D eigenvalue weighted by Crippen LogP contribution is -2.27. The van der Waals surface area contributed by atoms with Crippen LogP contribution in [0.15, 0.2) is 53.8 Å². The molecule has 0 bridgehead atoms. The van der Waals surface area contributed by atoms with Crippen LogP contribution in [0.1, 0.15) is 0 Å². The molecule has 88 valence electrons. The van der Waals surface area contributed by atoms with Gasteiger partial charge in [0.05, 0.1) is 4.90 Å². The normalized spacial score (nSPS) is 11.1. The molecule has 2 rings (SSSR count). The first-order valence-corrected chi connectivity index (χ1v) is 6.36. The molecule has 0 spiro atoms. The fourth-order valence-corrected chi connectivity index (χ4v) is 2.52. The van der Waals surface area contributed by atoms with Crippen molar-refractivity contribution in [3.8, 4) is 0 Å². The molecule has 17 heavy (non-hydrogen) atoms. The van der Waals surface area contributed by atoms with Crippen LogP contribution in [0, 0.1) is 0 Å². The van der Waals surface area contributed by atoms with Crippen molar-refractivity contribution in [3.05, 3.63) is 48.9 Å². The predicted octanol–water partition coefficient (Wildman–Crippen LogP) is 1.30. The van der Waals surface area contributed by atoms with Crippen molar-refractivity contribution in [3.63, 3.8) is 0 Å². The van der Waals surface area contributed by atoms with Gasteiger partial charge in [-0.3, -0.25) is 4.31 Å². The molecule has 5 nitrogen and oxygen atoms in total. The molecule has 0 unspecified atom stereocenters. The summed E-state index contributed by atoms with van der Waals surface area (Å²) in [5, 5.41) is 0. The molecule has 1 aromatic carbocycles. The molecule has 0 aliphatic rings. The second-order valence-electron chi connectivity index (χ2n) is 3.35.